The van der Waals surface area contributed by atoms with Crippen LogP contribution in [0.2, 0.25) is 0 Å². The number of aromatic nitrogens is 3. The molecule has 5 rings (SSSR count). The summed E-state index contributed by atoms with van der Waals surface area (Å²) in [7, 11) is 0. The van der Waals surface area contributed by atoms with Crippen LogP contribution in [-0.2, 0) is 6.54 Å². The Balaban J connectivity index is 1.32. The van der Waals surface area contributed by atoms with Gasteiger partial charge in [0, 0.05) is 56.1 Å². The third kappa shape index (κ3) is 5.38. The minimum absolute atomic E-state index is 0.00910. The largest absolute Gasteiger partial charge is 0.309 e. The summed E-state index contributed by atoms with van der Waals surface area (Å²) in [4.78, 5) is 22.2. The Morgan fingerprint density at radius 1 is 1.00 bits per heavy atom. The first kappa shape index (κ1) is 25.4. The highest BCUT2D eigenvalue weighted by Gasteiger charge is 2.30. The number of nitrogens with zero attached hydrogens (tertiary/aromatic N) is 6. The zero-order valence-electron chi connectivity index (χ0n) is 21.8. The number of benzene rings is 1. The van der Waals surface area contributed by atoms with E-state index in [1.54, 1.807) is 6.07 Å². The summed E-state index contributed by atoms with van der Waals surface area (Å²) in [6.07, 6.45) is 2.94. The van der Waals surface area contributed by atoms with Crippen LogP contribution in [0.3, 0.4) is 0 Å². The number of pyridine rings is 1. The third-order valence-corrected chi connectivity index (χ3v) is 7.23. The number of nitrogens with one attached hydrogen (secondary N) is 1. The van der Waals surface area contributed by atoms with Crippen LogP contribution < -0.4 is 5.32 Å². The first-order valence-corrected chi connectivity index (χ1v) is 12.9. The van der Waals surface area contributed by atoms with Crippen molar-refractivity contribution in [3.63, 3.8) is 0 Å². The standard InChI is InChI=1S/C28H33F2N7/c1-5-36-8-10-37(11-9-36)16-19-6-7-24(31-14-19)34-28-32-15-23(30)26(35-28)20-12-21-25(17(2)3)18(4)33-27(21)22(29)13-20/h6-7,12-15,17,25H,5,8-11,16H2,1-4H3,(H,31,32,34,35). The van der Waals surface area contributed by atoms with E-state index in [0.717, 1.165) is 62.3 Å². The Bertz CT molecular complexity index is 1300. The van der Waals surface area contributed by atoms with Gasteiger partial charge < -0.3 is 10.2 Å². The van der Waals surface area contributed by atoms with Gasteiger partial charge >= 0.3 is 0 Å². The first-order chi connectivity index (χ1) is 17.8. The van der Waals surface area contributed by atoms with Crippen molar-refractivity contribution in [2.24, 2.45) is 10.9 Å². The Labute approximate surface area is 216 Å². The molecule has 1 N–H and O–H groups in total. The van der Waals surface area contributed by atoms with Gasteiger partial charge in [-0.2, -0.15) is 0 Å². The maximum absolute atomic E-state index is 15.0. The van der Waals surface area contributed by atoms with Crippen LogP contribution in [0, 0.1) is 17.6 Å². The van der Waals surface area contributed by atoms with Gasteiger partial charge in [-0.25, -0.2) is 23.7 Å². The van der Waals surface area contributed by atoms with Crippen LogP contribution in [-0.4, -0.2) is 63.2 Å². The van der Waals surface area contributed by atoms with E-state index in [2.05, 4.69) is 55.8 Å². The lowest BCUT2D eigenvalue weighted by Gasteiger charge is -2.33. The maximum Gasteiger partial charge on any atom is 0.229 e. The molecule has 2 aliphatic heterocycles. The predicted octanol–water partition coefficient (Wildman–Crippen LogP) is 5.54. The lowest BCUT2D eigenvalue weighted by atomic mass is 9.85. The van der Waals surface area contributed by atoms with Crippen LogP contribution in [0.15, 0.2) is 41.7 Å². The van der Waals surface area contributed by atoms with Crippen molar-refractivity contribution < 1.29 is 8.78 Å². The molecule has 0 spiro atoms. The van der Waals surface area contributed by atoms with Crippen molar-refractivity contribution in [1.82, 2.24) is 24.8 Å². The molecule has 37 heavy (non-hydrogen) atoms. The average Bonchev–Trinajstić information content (AvgIpc) is 3.23. The molecular weight excluding hydrogens is 472 g/mol. The topological polar surface area (TPSA) is 69.5 Å². The van der Waals surface area contributed by atoms with Gasteiger partial charge in [0.1, 0.15) is 23.0 Å². The molecule has 0 bridgehead atoms. The van der Waals surface area contributed by atoms with Gasteiger partial charge in [-0.1, -0.05) is 26.8 Å². The summed E-state index contributed by atoms with van der Waals surface area (Å²) in [6, 6.07) is 6.98. The molecule has 9 heteroatoms. The predicted molar refractivity (Wildman–Crippen MR) is 143 cm³/mol. The molecule has 4 heterocycles. The van der Waals surface area contributed by atoms with Crippen molar-refractivity contribution >= 4 is 23.2 Å². The number of hydrogen-bond acceptors (Lipinski definition) is 7. The van der Waals surface area contributed by atoms with E-state index < -0.39 is 11.6 Å². The van der Waals surface area contributed by atoms with Crippen LogP contribution in [0.5, 0.6) is 0 Å². The van der Waals surface area contributed by atoms with Gasteiger partial charge in [0.15, 0.2) is 5.82 Å². The van der Waals surface area contributed by atoms with Gasteiger partial charge in [-0.05, 0) is 48.7 Å². The molecule has 1 aromatic carbocycles. The van der Waals surface area contributed by atoms with Crippen molar-refractivity contribution in [3.8, 4) is 11.3 Å². The molecule has 7 nitrogen and oxygen atoms in total. The average molecular weight is 506 g/mol. The number of likely N-dealkylation sites (N-methyl/N-ethyl adjacent to an activating group) is 1. The summed E-state index contributed by atoms with van der Waals surface area (Å²) in [5, 5.41) is 3.05. The van der Waals surface area contributed by atoms with Crippen molar-refractivity contribution in [2.75, 3.05) is 38.0 Å². The number of rotatable bonds is 7. The lowest BCUT2D eigenvalue weighted by Crippen LogP contribution is -2.45. The fraction of sp³-hybridized carbons (Fsp3) is 0.429. The summed E-state index contributed by atoms with van der Waals surface area (Å²) in [5.74, 6) is -0.112. The number of piperazine rings is 1. The van der Waals surface area contributed by atoms with Gasteiger partial charge in [0.25, 0.3) is 0 Å². The quantitative estimate of drug-likeness (QED) is 0.455. The van der Waals surface area contributed by atoms with Crippen LogP contribution >= 0.6 is 0 Å². The molecule has 3 aromatic rings. The van der Waals surface area contributed by atoms with E-state index in [9.17, 15) is 8.78 Å². The van der Waals surface area contributed by atoms with Crippen molar-refractivity contribution in [1.29, 1.82) is 0 Å². The Morgan fingerprint density at radius 3 is 2.43 bits per heavy atom. The first-order valence-electron chi connectivity index (χ1n) is 12.9. The Kier molecular flexibility index (Phi) is 7.26. The molecule has 2 aliphatic rings. The number of hydrogen-bond donors (Lipinski definition) is 1. The number of aliphatic imine (C=N–C) groups is 1. The van der Waals surface area contributed by atoms with E-state index in [0.29, 0.717) is 17.1 Å². The normalized spacial score (nSPS) is 18.2. The summed E-state index contributed by atoms with van der Waals surface area (Å²) < 4.78 is 29.8. The highest BCUT2D eigenvalue weighted by Crippen LogP contribution is 2.43. The smallest absolute Gasteiger partial charge is 0.229 e. The SMILES string of the molecule is CCN1CCN(Cc2ccc(Nc3ncc(F)c(-c4cc(F)c5c(c4)C(C(C)C)C(C)=N5)n3)nc2)CC1. The summed E-state index contributed by atoms with van der Waals surface area (Å²) in [6.45, 7) is 14.5. The fourth-order valence-corrected chi connectivity index (χ4v) is 5.28. The minimum atomic E-state index is -0.617. The zero-order valence-corrected chi connectivity index (χ0v) is 21.8. The molecule has 2 aromatic heterocycles. The maximum atomic E-state index is 15.0. The van der Waals surface area contributed by atoms with E-state index >= 15 is 0 Å². The van der Waals surface area contributed by atoms with Gasteiger partial charge in [-0.3, -0.25) is 9.89 Å². The molecule has 1 atom stereocenters. The van der Waals surface area contributed by atoms with E-state index in [-0.39, 0.29) is 23.5 Å². The van der Waals surface area contributed by atoms with E-state index in [1.807, 2.05) is 25.3 Å². The molecule has 1 saturated heterocycles. The summed E-state index contributed by atoms with van der Waals surface area (Å²) in [5.41, 5.74) is 3.49. The number of anilines is 2. The highest BCUT2D eigenvalue weighted by molar-refractivity contribution is 5.97. The molecule has 194 valence electrons. The zero-order chi connectivity index (χ0) is 26.1. The van der Waals surface area contributed by atoms with Gasteiger partial charge in [-0.15, -0.1) is 0 Å². The lowest BCUT2D eigenvalue weighted by molar-refractivity contribution is 0.132. The second-order valence-corrected chi connectivity index (χ2v) is 10.1. The molecular formula is C28H33F2N7. The van der Waals surface area contributed by atoms with Crippen molar-refractivity contribution in [3.05, 3.63) is 59.4 Å². The van der Waals surface area contributed by atoms with E-state index in [4.69, 9.17) is 0 Å². The van der Waals surface area contributed by atoms with Gasteiger partial charge in [0.05, 0.1) is 6.20 Å². The molecule has 0 radical (unpaired) electrons. The molecule has 0 amide bonds. The third-order valence-electron chi connectivity index (χ3n) is 7.23. The number of fused-ring (bicyclic) bond motifs is 1. The molecule has 0 saturated carbocycles. The monoisotopic (exact) mass is 505 g/mol. The Morgan fingerprint density at radius 2 is 1.76 bits per heavy atom. The molecule has 1 fully saturated rings. The minimum Gasteiger partial charge on any atom is -0.309 e. The van der Waals surface area contributed by atoms with Crippen molar-refractivity contribution in [2.45, 2.75) is 40.2 Å². The second-order valence-electron chi connectivity index (χ2n) is 10.1. The van der Waals surface area contributed by atoms with Crippen LogP contribution in [0.4, 0.5) is 26.2 Å². The molecule has 1 unspecified atom stereocenters. The Hall–Kier alpha value is -3.30. The fourth-order valence-electron chi connectivity index (χ4n) is 5.28. The van der Waals surface area contributed by atoms with Gasteiger partial charge in [0.2, 0.25) is 5.95 Å². The van der Waals surface area contributed by atoms with Crippen LogP contribution in [0.25, 0.3) is 11.3 Å². The van der Waals surface area contributed by atoms with Crippen LogP contribution in [0.1, 0.15) is 44.7 Å². The second kappa shape index (κ2) is 10.6. The highest BCUT2D eigenvalue weighted by atomic mass is 19.1. The summed E-state index contributed by atoms with van der Waals surface area (Å²) >= 11 is 0. The number of halogens is 2. The molecule has 0 aliphatic carbocycles. The van der Waals surface area contributed by atoms with E-state index in [1.165, 1.54) is 6.07 Å².